The highest BCUT2D eigenvalue weighted by Crippen LogP contribution is 2.23. The molecule has 0 spiro atoms. The highest BCUT2D eigenvalue weighted by molar-refractivity contribution is 5.97. The third-order valence-corrected chi connectivity index (χ3v) is 3.65. The zero-order valence-electron chi connectivity index (χ0n) is 15.2. The Bertz CT molecular complexity index is 893. The Labute approximate surface area is 160 Å². The summed E-state index contributed by atoms with van der Waals surface area (Å²) in [5.41, 5.74) is 0.240. The van der Waals surface area contributed by atoms with E-state index in [2.05, 4.69) is 5.32 Å². The van der Waals surface area contributed by atoms with Gasteiger partial charge in [0.15, 0.2) is 18.5 Å². The molecule has 2 rings (SSSR count). The minimum absolute atomic E-state index is 0.00205. The van der Waals surface area contributed by atoms with Crippen molar-refractivity contribution in [2.45, 2.75) is 20.0 Å². The number of nitro benzene ring substituents is 1. The number of hydrogen-bond acceptors (Lipinski definition) is 7. The van der Waals surface area contributed by atoms with Crippen molar-refractivity contribution in [1.29, 1.82) is 0 Å². The fourth-order valence-corrected chi connectivity index (χ4v) is 2.19. The lowest BCUT2D eigenvalue weighted by Crippen LogP contribution is -2.31. The maximum Gasteiger partial charge on any atom is 0.344 e. The Morgan fingerprint density at radius 2 is 1.75 bits per heavy atom. The fourth-order valence-electron chi connectivity index (χ4n) is 2.19. The first-order chi connectivity index (χ1) is 13.3. The van der Waals surface area contributed by atoms with Gasteiger partial charge in [-0.1, -0.05) is 12.1 Å². The van der Waals surface area contributed by atoms with E-state index in [0.717, 1.165) is 0 Å². The molecule has 9 heteroatoms. The summed E-state index contributed by atoms with van der Waals surface area (Å²) in [7, 11) is 0. The number of esters is 1. The number of Topliss-reactive ketones (excluding diaryl/α,β-unsaturated/α-hetero) is 1. The number of benzene rings is 2. The van der Waals surface area contributed by atoms with Crippen molar-refractivity contribution < 1.29 is 28.8 Å². The minimum atomic E-state index is -1.18. The molecule has 0 fully saturated rings. The van der Waals surface area contributed by atoms with Crippen molar-refractivity contribution in [3.63, 3.8) is 0 Å². The van der Waals surface area contributed by atoms with Crippen molar-refractivity contribution >= 4 is 29.0 Å². The van der Waals surface area contributed by atoms with Gasteiger partial charge in [0.05, 0.1) is 4.92 Å². The third-order valence-electron chi connectivity index (χ3n) is 3.65. The van der Waals surface area contributed by atoms with Gasteiger partial charge in [0, 0.05) is 11.6 Å². The molecule has 0 heterocycles. The van der Waals surface area contributed by atoms with Gasteiger partial charge >= 0.3 is 5.97 Å². The van der Waals surface area contributed by atoms with Crippen molar-refractivity contribution in [2.24, 2.45) is 0 Å². The second-order valence-electron chi connectivity index (χ2n) is 5.76. The van der Waals surface area contributed by atoms with Crippen molar-refractivity contribution in [3.05, 3.63) is 64.2 Å². The maximum atomic E-state index is 12.1. The zero-order chi connectivity index (χ0) is 20.7. The average molecular weight is 386 g/mol. The highest BCUT2D eigenvalue weighted by atomic mass is 16.6. The molecular weight excluding hydrogens is 368 g/mol. The zero-order valence-corrected chi connectivity index (χ0v) is 15.2. The molecule has 0 aromatic heterocycles. The maximum absolute atomic E-state index is 12.1. The number of anilines is 1. The molecule has 0 aliphatic rings. The Balaban J connectivity index is 1.87. The van der Waals surface area contributed by atoms with Gasteiger partial charge in [-0.15, -0.1) is 0 Å². The summed E-state index contributed by atoms with van der Waals surface area (Å²) in [6.45, 7) is 2.33. The first-order valence-corrected chi connectivity index (χ1v) is 8.25. The van der Waals surface area contributed by atoms with E-state index in [9.17, 15) is 24.5 Å². The number of nitrogens with one attached hydrogen (secondary N) is 1. The lowest BCUT2D eigenvalue weighted by Gasteiger charge is -2.14. The number of carbonyl (C=O) groups is 3. The number of nitrogens with zero attached hydrogens (tertiary/aromatic N) is 1. The van der Waals surface area contributed by atoms with Gasteiger partial charge in [0.2, 0.25) is 0 Å². The number of nitro groups is 1. The van der Waals surface area contributed by atoms with Gasteiger partial charge in [-0.2, -0.15) is 0 Å². The predicted molar refractivity (Wildman–Crippen MR) is 99.2 cm³/mol. The van der Waals surface area contributed by atoms with Gasteiger partial charge in [-0.05, 0) is 44.2 Å². The number of amides is 1. The summed E-state index contributed by atoms with van der Waals surface area (Å²) in [6, 6.07) is 11.8. The number of para-hydroxylation sites is 2. The second-order valence-corrected chi connectivity index (χ2v) is 5.76. The molecule has 2 aromatic rings. The van der Waals surface area contributed by atoms with Crippen LogP contribution in [0.5, 0.6) is 5.75 Å². The van der Waals surface area contributed by atoms with E-state index in [1.165, 1.54) is 50.2 Å². The largest absolute Gasteiger partial charge is 0.482 e. The smallest absolute Gasteiger partial charge is 0.344 e. The Hall–Kier alpha value is -3.75. The lowest BCUT2D eigenvalue weighted by atomic mass is 10.1. The quantitative estimate of drug-likeness (QED) is 0.320. The van der Waals surface area contributed by atoms with E-state index < -0.39 is 29.5 Å². The van der Waals surface area contributed by atoms with Crippen LogP contribution >= 0.6 is 0 Å². The molecule has 0 aliphatic carbocycles. The third kappa shape index (κ3) is 5.63. The van der Waals surface area contributed by atoms with Crippen molar-refractivity contribution in [2.75, 3.05) is 11.9 Å². The van der Waals surface area contributed by atoms with E-state index in [-0.39, 0.29) is 17.2 Å². The van der Waals surface area contributed by atoms with Gasteiger partial charge < -0.3 is 14.8 Å². The van der Waals surface area contributed by atoms with E-state index in [4.69, 9.17) is 9.47 Å². The topological polar surface area (TPSA) is 125 Å². The fraction of sp³-hybridized carbons (Fsp3) is 0.211. The van der Waals surface area contributed by atoms with Crippen LogP contribution in [0.25, 0.3) is 0 Å². The summed E-state index contributed by atoms with van der Waals surface area (Å²) < 4.78 is 10.2. The number of ether oxygens (including phenoxy) is 2. The van der Waals surface area contributed by atoms with E-state index in [1.807, 2.05) is 0 Å². The van der Waals surface area contributed by atoms with Crippen LogP contribution in [0.2, 0.25) is 0 Å². The molecule has 9 nitrogen and oxygen atoms in total. The Morgan fingerprint density at radius 3 is 2.36 bits per heavy atom. The molecule has 1 amide bonds. The van der Waals surface area contributed by atoms with Crippen LogP contribution < -0.4 is 10.1 Å². The van der Waals surface area contributed by atoms with Gasteiger partial charge in [-0.3, -0.25) is 19.7 Å². The average Bonchev–Trinajstić information content (AvgIpc) is 2.66. The first-order valence-electron chi connectivity index (χ1n) is 8.25. The SMILES string of the molecule is CC(=O)c1ccc(OCC(=O)O[C@H](C)C(=O)Nc2ccccc2[N+](=O)[O-])cc1. The van der Waals surface area contributed by atoms with Gasteiger partial charge in [0.25, 0.3) is 11.6 Å². The molecular formula is C19H18N2O7. The van der Waals surface area contributed by atoms with Crippen LogP contribution in [0.1, 0.15) is 24.2 Å². The van der Waals surface area contributed by atoms with Gasteiger partial charge in [0.1, 0.15) is 11.4 Å². The normalized spacial score (nSPS) is 11.2. The summed E-state index contributed by atoms with van der Waals surface area (Å²) >= 11 is 0. The minimum Gasteiger partial charge on any atom is -0.482 e. The van der Waals surface area contributed by atoms with Crippen LogP contribution in [0, 0.1) is 10.1 Å². The molecule has 1 atom stereocenters. The Morgan fingerprint density at radius 1 is 1.11 bits per heavy atom. The van der Waals surface area contributed by atoms with Gasteiger partial charge in [-0.25, -0.2) is 4.79 Å². The van der Waals surface area contributed by atoms with E-state index in [0.29, 0.717) is 11.3 Å². The molecule has 2 aromatic carbocycles. The number of hydrogen-bond donors (Lipinski definition) is 1. The van der Waals surface area contributed by atoms with Crippen molar-refractivity contribution in [1.82, 2.24) is 0 Å². The number of rotatable bonds is 8. The van der Waals surface area contributed by atoms with Crippen molar-refractivity contribution in [3.8, 4) is 5.75 Å². The number of ketones is 1. The standard InChI is InChI=1S/C19H18N2O7/c1-12(22)14-7-9-15(10-8-14)27-11-18(23)28-13(2)19(24)20-16-5-3-4-6-17(16)21(25)26/h3-10,13H,11H2,1-2H3,(H,20,24)/t13-/m1/s1. The van der Waals surface area contributed by atoms with E-state index in [1.54, 1.807) is 12.1 Å². The molecule has 0 bridgehead atoms. The Kier molecular flexibility index (Phi) is 6.80. The monoisotopic (exact) mass is 386 g/mol. The molecule has 0 saturated carbocycles. The molecule has 146 valence electrons. The highest BCUT2D eigenvalue weighted by Gasteiger charge is 2.21. The molecule has 0 unspecified atom stereocenters. The summed E-state index contributed by atoms with van der Waals surface area (Å²) in [5.74, 6) is -1.24. The van der Waals surface area contributed by atoms with Crippen LogP contribution in [0.3, 0.4) is 0 Å². The van der Waals surface area contributed by atoms with Crippen LogP contribution in [-0.4, -0.2) is 35.3 Å². The first kappa shape index (κ1) is 20.6. The molecule has 0 radical (unpaired) electrons. The lowest BCUT2D eigenvalue weighted by molar-refractivity contribution is -0.383. The molecule has 1 N–H and O–H groups in total. The van der Waals surface area contributed by atoms with E-state index >= 15 is 0 Å². The molecule has 0 aliphatic heterocycles. The molecule has 28 heavy (non-hydrogen) atoms. The summed E-state index contributed by atoms with van der Waals surface area (Å²) in [4.78, 5) is 45.5. The number of carbonyl (C=O) groups excluding carboxylic acids is 3. The molecule has 0 saturated heterocycles. The second kappa shape index (κ2) is 9.26. The van der Waals surface area contributed by atoms with Crippen LogP contribution in [0.15, 0.2) is 48.5 Å². The van der Waals surface area contributed by atoms with Crippen LogP contribution in [0.4, 0.5) is 11.4 Å². The van der Waals surface area contributed by atoms with Crippen LogP contribution in [-0.2, 0) is 14.3 Å². The summed E-state index contributed by atoms with van der Waals surface area (Å²) in [6.07, 6.45) is -1.18. The predicted octanol–water partition coefficient (Wildman–Crippen LogP) is 2.75. The summed E-state index contributed by atoms with van der Waals surface area (Å²) in [5, 5.41) is 13.3.